The fourth-order valence-corrected chi connectivity index (χ4v) is 8.03. The second-order valence-electron chi connectivity index (χ2n) is 7.64. The van der Waals surface area contributed by atoms with Gasteiger partial charge in [0.05, 0.1) is 37.3 Å². The van der Waals surface area contributed by atoms with E-state index in [0.717, 1.165) is 18.1 Å². The van der Waals surface area contributed by atoms with Gasteiger partial charge in [-0.25, -0.2) is 0 Å². The van der Waals surface area contributed by atoms with Crippen LogP contribution in [0.15, 0.2) is 121 Å². The molecule has 0 atom stereocenters. The molecule has 0 saturated carbocycles. The molecule has 31 heavy (non-hydrogen) atoms. The van der Waals surface area contributed by atoms with Crippen LogP contribution < -0.4 is 15.3 Å². The van der Waals surface area contributed by atoms with Gasteiger partial charge in [-0.2, -0.15) is 0 Å². The van der Waals surface area contributed by atoms with Crippen LogP contribution in [-0.2, 0) is 6.16 Å². The number of ether oxygens (including phenoxy) is 1. The van der Waals surface area contributed by atoms with E-state index in [1.54, 1.807) is 7.11 Å². The van der Waals surface area contributed by atoms with E-state index in [1.807, 2.05) is 6.07 Å². The largest absolute Gasteiger partial charge is 0.497 e. The van der Waals surface area contributed by atoms with Crippen LogP contribution in [0.4, 0.5) is 0 Å². The molecule has 0 heterocycles. The van der Waals surface area contributed by atoms with Crippen LogP contribution >= 0.6 is 7.26 Å². The summed E-state index contributed by atoms with van der Waals surface area (Å²) in [6.45, 7) is 0. The van der Waals surface area contributed by atoms with E-state index in [9.17, 15) is 0 Å². The van der Waals surface area contributed by atoms with Gasteiger partial charge in [0.15, 0.2) is 0 Å². The third-order valence-corrected chi connectivity index (χ3v) is 9.93. The van der Waals surface area contributed by atoms with Gasteiger partial charge >= 0.3 is 0 Å². The molecular formula is C29H28OP+. The lowest BCUT2D eigenvalue weighted by molar-refractivity contribution is 0.414. The summed E-state index contributed by atoms with van der Waals surface area (Å²) < 4.78 is 5.52. The summed E-state index contributed by atoms with van der Waals surface area (Å²) >= 11 is 0. The molecule has 0 N–H and O–H groups in total. The lowest BCUT2D eigenvalue weighted by atomic mass is 10.2. The zero-order valence-electron chi connectivity index (χ0n) is 17.9. The highest BCUT2D eigenvalue weighted by molar-refractivity contribution is 7.89. The van der Waals surface area contributed by atoms with Crippen molar-refractivity contribution in [2.75, 3.05) is 13.3 Å². The zero-order valence-corrected chi connectivity index (χ0v) is 18.8. The third kappa shape index (κ3) is 5.13. The van der Waals surface area contributed by atoms with Gasteiger partial charge in [-0.05, 0) is 53.6 Å². The first-order chi connectivity index (χ1) is 15.3. The number of hydrogen-bond acceptors (Lipinski definition) is 1. The van der Waals surface area contributed by atoms with Crippen molar-refractivity contribution in [2.24, 2.45) is 0 Å². The first-order valence-corrected chi connectivity index (χ1v) is 12.8. The van der Waals surface area contributed by atoms with Gasteiger partial charge in [0, 0.05) is 0 Å². The molecule has 0 aliphatic rings. The Morgan fingerprint density at radius 2 is 1.26 bits per heavy atom. The summed E-state index contributed by atoms with van der Waals surface area (Å²) in [6, 6.07) is 41.2. The average molecular weight is 424 g/mol. The molecule has 154 valence electrons. The SMILES string of the molecule is COc1cccc(C[P+](C/C=C\c2ccccc2)(c2ccccc2)c2ccccc2)c1. The normalized spacial score (nSPS) is 11.5. The Bertz CT molecular complexity index is 1070. The van der Waals surface area contributed by atoms with Crippen LogP contribution in [0, 0.1) is 0 Å². The lowest BCUT2D eigenvalue weighted by Crippen LogP contribution is -2.26. The maximum atomic E-state index is 5.52. The highest BCUT2D eigenvalue weighted by Gasteiger charge is 2.41. The highest BCUT2D eigenvalue weighted by Crippen LogP contribution is 2.59. The predicted molar refractivity (Wildman–Crippen MR) is 136 cm³/mol. The Kier molecular flexibility index (Phi) is 6.97. The number of allylic oxidation sites excluding steroid dienone is 1. The average Bonchev–Trinajstić information content (AvgIpc) is 2.85. The molecule has 0 fully saturated rings. The van der Waals surface area contributed by atoms with E-state index in [0.29, 0.717) is 0 Å². The molecule has 0 aliphatic heterocycles. The lowest BCUT2D eigenvalue weighted by Gasteiger charge is -2.27. The topological polar surface area (TPSA) is 9.23 Å². The van der Waals surface area contributed by atoms with Crippen molar-refractivity contribution < 1.29 is 4.74 Å². The minimum absolute atomic E-state index is 0.913. The molecule has 0 unspecified atom stereocenters. The summed E-state index contributed by atoms with van der Waals surface area (Å²) in [7, 11) is 0.00217. The summed E-state index contributed by atoms with van der Waals surface area (Å²) in [5, 5.41) is 2.86. The molecule has 4 rings (SSSR count). The molecule has 1 nitrogen and oxygen atoms in total. The third-order valence-electron chi connectivity index (χ3n) is 5.61. The monoisotopic (exact) mass is 423 g/mol. The highest BCUT2D eigenvalue weighted by atomic mass is 31.2. The van der Waals surface area contributed by atoms with E-state index in [1.165, 1.54) is 21.7 Å². The van der Waals surface area contributed by atoms with E-state index >= 15 is 0 Å². The van der Waals surface area contributed by atoms with E-state index in [-0.39, 0.29) is 0 Å². The fraction of sp³-hybridized carbons (Fsp3) is 0.103. The van der Waals surface area contributed by atoms with Crippen LogP contribution in [0.1, 0.15) is 11.1 Å². The Balaban J connectivity index is 1.81. The number of rotatable bonds is 8. The minimum Gasteiger partial charge on any atom is -0.497 e. The van der Waals surface area contributed by atoms with Gasteiger partial charge in [-0.3, -0.25) is 0 Å². The second-order valence-corrected chi connectivity index (χ2v) is 11.3. The molecule has 4 aromatic rings. The van der Waals surface area contributed by atoms with Crippen LogP contribution in [0.3, 0.4) is 0 Å². The Morgan fingerprint density at radius 3 is 1.84 bits per heavy atom. The van der Waals surface area contributed by atoms with Gasteiger partial charge in [-0.15, -0.1) is 0 Å². The summed E-state index contributed by atoms with van der Waals surface area (Å²) in [5.41, 5.74) is 2.55. The molecule has 0 spiro atoms. The first-order valence-electron chi connectivity index (χ1n) is 10.6. The fourth-order valence-electron chi connectivity index (χ4n) is 4.05. The van der Waals surface area contributed by atoms with Crippen molar-refractivity contribution in [1.82, 2.24) is 0 Å². The molecule has 0 aliphatic carbocycles. The van der Waals surface area contributed by atoms with Crippen LogP contribution in [0.25, 0.3) is 6.08 Å². The van der Waals surface area contributed by atoms with E-state index in [4.69, 9.17) is 4.74 Å². The van der Waals surface area contributed by atoms with Gasteiger partial charge < -0.3 is 4.74 Å². The number of hydrogen-bond donors (Lipinski definition) is 0. The maximum Gasteiger partial charge on any atom is 0.119 e. The summed E-state index contributed by atoms with van der Waals surface area (Å²) in [6.07, 6.45) is 6.62. The zero-order chi connectivity index (χ0) is 21.4. The molecule has 0 aromatic heterocycles. The Labute approximate surface area is 186 Å². The van der Waals surface area contributed by atoms with Gasteiger partial charge in [0.2, 0.25) is 0 Å². The van der Waals surface area contributed by atoms with Crippen LogP contribution in [0.5, 0.6) is 5.75 Å². The summed E-state index contributed by atoms with van der Waals surface area (Å²) in [4.78, 5) is 0. The van der Waals surface area contributed by atoms with E-state index < -0.39 is 7.26 Å². The number of benzene rings is 4. The van der Waals surface area contributed by atoms with Crippen molar-refractivity contribution in [2.45, 2.75) is 6.16 Å². The first kappa shape index (κ1) is 21.1. The Morgan fingerprint density at radius 1 is 0.677 bits per heavy atom. The molecule has 0 amide bonds. The van der Waals surface area contributed by atoms with Crippen LogP contribution in [-0.4, -0.2) is 13.3 Å². The van der Waals surface area contributed by atoms with Crippen molar-refractivity contribution in [3.05, 3.63) is 132 Å². The summed E-state index contributed by atoms with van der Waals surface area (Å²) in [5.74, 6) is 0.913. The van der Waals surface area contributed by atoms with Gasteiger partial charge in [0.25, 0.3) is 0 Å². The molecule has 2 heteroatoms. The van der Waals surface area contributed by atoms with E-state index in [2.05, 4.69) is 121 Å². The van der Waals surface area contributed by atoms with Crippen LogP contribution in [0.2, 0.25) is 0 Å². The molecule has 0 radical (unpaired) electrons. The van der Waals surface area contributed by atoms with Gasteiger partial charge in [-0.1, -0.05) is 84.9 Å². The second kappa shape index (κ2) is 10.2. The molecule has 0 saturated heterocycles. The molecular weight excluding hydrogens is 395 g/mol. The Hall–Kier alpha value is -3.15. The minimum atomic E-state index is -1.73. The predicted octanol–water partition coefficient (Wildman–Crippen LogP) is 6.58. The van der Waals surface area contributed by atoms with Crippen molar-refractivity contribution >= 4 is 23.9 Å². The van der Waals surface area contributed by atoms with Crippen molar-refractivity contribution in [1.29, 1.82) is 0 Å². The quantitative estimate of drug-likeness (QED) is 0.291. The molecule has 0 bridgehead atoms. The van der Waals surface area contributed by atoms with Crippen molar-refractivity contribution in [3.8, 4) is 5.75 Å². The standard InChI is InChI=1S/C29H28OP/c1-30-27-17-11-15-26(23-27)24-31(28-18-7-3-8-19-28,29-20-9-4-10-21-29)22-12-16-25-13-5-2-6-14-25/h2-21,23H,22,24H2,1H3/q+1/b16-12-. The maximum absolute atomic E-state index is 5.52. The molecule has 4 aromatic carbocycles. The smallest absolute Gasteiger partial charge is 0.119 e. The number of methoxy groups -OCH3 is 1. The van der Waals surface area contributed by atoms with Crippen molar-refractivity contribution in [3.63, 3.8) is 0 Å². The van der Waals surface area contributed by atoms with Gasteiger partial charge in [0.1, 0.15) is 5.75 Å².